The van der Waals surface area contributed by atoms with Crippen LogP contribution in [0.3, 0.4) is 0 Å². The summed E-state index contributed by atoms with van der Waals surface area (Å²) in [7, 11) is 1.64. The molecule has 134 valence electrons. The van der Waals surface area contributed by atoms with Crippen molar-refractivity contribution in [2.45, 2.75) is 57.2 Å². The monoisotopic (exact) mass is 342 g/mol. The van der Waals surface area contributed by atoms with Gasteiger partial charge in [-0.25, -0.2) is 0 Å². The Bertz CT molecular complexity index is 714. The van der Waals surface area contributed by atoms with Gasteiger partial charge in [0.2, 0.25) is 11.8 Å². The van der Waals surface area contributed by atoms with E-state index in [0.29, 0.717) is 6.54 Å². The van der Waals surface area contributed by atoms with E-state index >= 15 is 0 Å². The molecular formula is C20H26N2O3. The first-order valence-corrected chi connectivity index (χ1v) is 9.21. The summed E-state index contributed by atoms with van der Waals surface area (Å²) in [4.78, 5) is 28.4. The summed E-state index contributed by atoms with van der Waals surface area (Å²) in [5.74, 6) is 1.31. The van der Waals surface area contributed by atoms with E-state index in [4.69, 9.17) is 4.74 Å². The summed E-state index contributed by atoms with van der Waals surface area (Å²) in [6, 6.07) is 7.76. The van der Waals surface area contributed by atoms with Gasteiger partial charge in [0.15, 0.2) is 0 Å². The second-order valence-electron chi connectivity index (χ2n) is 8.04. The molecule has 2 amide bonds. The third-order valence-electron chi connectivity index (χ3n) is 6.67. The quantitative estimate of drug-likeness (QED) is 0.914. The van der Waals surface area contributed by atoms with E-state index in [1.54, 1.807) is 7.11 Å². The first kappa shape index (κ1) is 16.4. The number of hydrogen-bond acceptors (Lipinski definition) is 3. The molecule has 5 heteroatoms. The van der Waals surface area contributed by atoms with Crippen molar-refractivity contribution in [2.24, 2.45) is 11.8 Å². The predicted octanol–water partition coefficient (Wildman–Crippen LogP) is 2.49. The predicted molar refractivity (Wildman–Crippen MR) is 93.9 cm³/mol. The Morgan fingerprint density at radius 1 is 1.28 bits per heavy atom. The fourth-order valence-corrected chi connectivity index (χ4v) is 5.22. The van der Waals surface area contributed by atoms with Crippen LogP contribution in [0.4, 0.5) is 0 Å². The number of rotatable bonds is 4. The molecule has 2 bridgehead atoms. The number of benzene rings is 1. The highest BCUT2D eigenvalue weighted by molar-refractivity contribution is 6.04. The molecular weight excluding hydrogens is 316 g/mol. The molecule has 25 heavy (non-hydrogen) atoms. The minimum atomic E-state index is -0.728. The van der Waals surface area contributed by atoms with Crippen molar-refractivity contribution >= 4 is 11.8 Å². The number of methoxy groups -OCH3 is 1. The fraction of sp³-hybridized carbons (Fsp3) is 0.600. The highest BCUT2D eigenvalue weighted by Crippen LogP contribution is 2.54. The van der Waals surface area contributed by atoms with Gasteiger partial charge in [-0.3, -0.25) is 9.59 Å². The topological polar surface area (TPSA) is 58.6 Å². The second kappa shape index (κ2) is 5.48. The van der Waals surface area contributed by atoms with E-state index < -0.39 is 11.1 Å². The molecule has 3 heterocycles. The van der Waals surface area contributed by atoms with Crippen LogP contribution < -0.4 is 10.1 Å². The zero-order valence-electron chi connectivity index (χ0n) is 15.2. The lowest BCUT2D eigenvalue weighted by atomic mass is 9.62. The number of piperazine rings is 1. The molecule has 1 spiro atoms. The van der Waals surface area contributed by atoms with Crippen LogP contribution in [-0.4, -0.2) is 34.9 Å². The third kappa shape index (κ3) is 2.07. The van der Waals surface area contributed by atoms with E-state index in [9.17, 15) is 9.59 Å². The lowest BCUT2D eigenvalue weighted by molar-refractivity contribution is -0.182. The van der Waals surface area contributed by atoms with Gasteiger partial charge in [-0.2, -0.15) is 0 Å². The molecule has 5 nitrogen and oxygen atoms in total. The molecule has 1 aromatic rings. The zero-order chi connectivity index (χ0) is 17.8. The van der Waals surface area contributed by atoms with Crippen LogP contribution in [-0.2, 0) is 16.1 Å². The third-order valence-corrected chi connectivity index (χ3v) is 6.67. The van der Waals surface area contributed by atoms with E-state index in [2.05, 4.69) is 19.2 Å². The Kier molecular flexibility index (Phi) is 3.60. The SMILES string of the molecule is COc1ccc(CN2C(=O)C34CCC[C@@H]3C[C@]2(C(C)C)C(=O)N4)cc1. The second-order valence-corrected chi connectivity index (χ2v) is 8.04. The Hall–Kier alpha value is -2.04. The number of fused-ring (bicyclic) bond motifs is 2. The van der Waals surface area contributed by atoms with Crippen molar-refractivity contribution in [1.82, 2.24) is 10.2 Å². The van der Waals surface area contributed by atoms with Crippen LogP contribution in [0.2, 0.25) is 0 Å². The average molecular weight is 342 g/mol. The largest absolute Gasteiger partial charge is 0.497 e. The van der Waals surface area contributed by atoms with Gasteiger partial charge in [0.05, 0.1) is 7.11 Å². The van der Waals surface area contributed by atoms with Gasteiger partial charge in [0.25, 0.3) is 0 Å². The van der Waals surface area contributed by atoms with Crippen molar-refractivity contribution in [3.8, 4) is 5.75 Å². The smallest absolute Gasteiger partial charge is 0.249 e. The molecule has 0 aromatic heterocycles. The molecule has 1 N–H and O–H groups in total. The highest BCUT2D eigenvalue weighted by Gasteiger charge is 2.69. The lowest BCUT2D eigenvalue weighted by Crippen LogP contribution is -2.82. The van der Waals surface area contributed by atoms with E-state index in [1.165, 1.54) is 0 Å². The summed E-state index contributed by atoms with van der Waals surface area (Å²) in [6.07, 6.45) is 3.62. The van der Waals surface area contributed by atoms with Gasteiger partial charge in [0.1, 0.15) is 16.8 Å². The van der Waals surface area contributed by atoms with Crippen LogP contribution in [0.25, 0.3) is 0 Å². The van der Waals surface area contributed by atoms with Crippen LogP contribution >= 0.6 is 0 Å². The van der Waals surface area contributed by atoms with E-state index in [-0.39, 0.29) is 23.7 Å². The number of piperidine rings is 2. The minimum Gasteiger partial charge on any atom is -0.497 e. The summed E-state index contributed by atoms with van der Waals surface area (Å²) < 4.78 is 5.22. The van der Waals surface area contributed by atoms with E-state index in [0.717, 1.165) is 37.0 Å². The van der Waals surface area contributed by atoms with Crippen molar-refractivity contribution in [3.63, 3.8) is 0 Å². The molecule has 3 atom stereocenters. The van der Waals surface area contributed by atoms with Gasteiger partial charge in [-0.15, -0.1) is 0 Å². The molecule has 4 fully saturated rings. The summed E-state index contributed by atoms with van der Waals surface area (Å²) >= 11 is 0. The normalized spacial score (nSPS) is 33.6. The fourth-order valence-electron chi connectivity index (χ4n) is 5.22. The molecule has 4 aliphatic rings. The zero-order valence-corrected chi connectivity index (χ0v) is 15.2. The average Bonchev–Trinajstić information content (AvgIpc) is 3.01. The highest BCUT2D eigenvalue weighted by atomic mass is 16.5. The molecule has 1 aromatic carbocycles. The Morgan fingerprint density at radius 3 is 2.64 bits per heavy atom. The van der Waals surface area contributed by atoms with Gasteiger partial charge >= 0.3 is 0 Å². The summed E-state index contributed by atoms with van der Waals surface area (Å²) in [5, 5.41) is 3.15. The lowest BCUT2D eigenvalue weighted by Gasteiger charge is -2.61. The number of carbonyl (C=O) groups excluding carboxylic acids is 2. The summed E-state index contributed by atoms with van der Waals surface area (Å²) in [5.41, 5.74) is -0.353. The van der Waals surface area contributed by atoms with Crippen molar-refractivity contribution < 1.29 is 14.3 Å². The number of ether oxygens (including phenoxy) is 1. The summed E-state index contributed by atoms with van der Waals surface area (Å²) in [6.45, 7) is 4.59. The molecule has 1 saturated carbocycles. The molecule has 0 radical (unpaired) electrons. The maximum absolute atomic E-state index is 13.5. The van der Waals surface area contributed by atoms with E-state index in [1.807, 2.05) is 29.2 Å². The minimum absolute atomic E-state index is 0.0359. The Morgan fingerprint density at radius 2 is 2.00 bits per heavy atom. The molecule has 3 aliphatic heterocycles. The van der Waals surface area contributed by atoms with Gasteiger partial charge < -0.3 is 15.0 Å². The van der Waals surface area contributed by atoms with Crippen molar-refractivity contribution in [3.05, 3.63) is 29.8 Å². The van der Waals surface area contributed by atoms with Gasteiger partial charge in [-0.05, 0) is 48.8 Å². The standard InChI is InChI=1S/C20H26N2O3/c1-13(2)20-11-15-5-4-10-19(15,21-17(20)23)18(24)22(20)12-14-6-8-16(25-3)9-7-14/h6-9,13,15H,4-5,10-12H2,1-3H3,(H,21,23)/t15-,19?,20+/m1/s1. The Balaban J connectivity index is 1.73. The maximum atomic E-state index is 13.5. The number of hydrogen-bond donors (Lipinski definition) is 1. The van der Waals surface area contributed by atoms with Gasteiger partial charge in [-0.1, -0.05) is 32.4 Å². The number of nitrogens with zero attached hydrogens (tertiary/aromatic N) is 1. The first-order valence-electron chi connectivity index (χ1n) is 9.21. The molecule has 3 saturated heterocycles. The molecule has 1 aliphatic carbocycles. The number of carbonyl (C=O) groups is 2. The Labute approximate surface area is 148 Å². The molecule has 5 rings (SSSR count). The van der Waals surface area contributed by atoms with Crippen molar-refractivity contribution in [1.29, 1.82) is 0 Å². The van der Waals surface area contributed by atoms with Crippen LogP contribution in [0.5, 0.6) is 5.75 Å². The van der Waals surface area contributed by atoms with Crippen molar-refractivity contribution in [2.75, 3.05) is 7.11 Å². The first-order chi connectivity index (χ1) is 11.9. The van der Waals surface area contributed by atoms with Crippen LogP contribution in [0.15, 0.2) is 24.3 Å². The number of amides is 2. The number of nitrogens with one attached hydrogen (secondary N) is 1. The van der Waals surface area contributed by atoms with Crippen LogP contribution in [0.1, 0.15) is 45.1 Å². The van der Waals surface area contributed by atoms with Crippen LogP contribution in [0, 0.1) is 11.8 Å². The molecule has 1 unspecified atom stereocenters. The van der Waals surface area contributed by atoms with Gasteiger partial charge in [0, 0.05) is 6.54 Å². The maximum Gasteiger partial charge on any atom is 0.249 e.